The highest BCUT2D eigenvalue weighted by atomic mass is 16.4. The molecule has 0 aromatic heterocycles. The highest BCUT2D eigenvalue weighted by Gasteiger charge is 2.32. The highest BCUT2D eigenvalue weighted by molar-refractivity contribution is 5.96. The fourth-order valence-electron chi connectivity index (χ4n) is 4.09. The van der Waals surface area contributed by atoms with E-state index in [1.165, 1.54) is 20.8 Å². The van der Waals surface area contributed by atoms with Crippen LogP contribution in [-0.2, 0) is 33.6 Å². The van der Waals surface area contributed by atoms with E-state index in [0.717, 1.165) is 0 Å². The van der Waals surface area contributed by atoms with Crippen LogP contribution in [0.4, 0.5) is 0 Å². The second-order valence-electron chi connectivity index (χ2n) is 12.3. The van der Waals surface area contributed by atoms with Crippen LogP contribution in [0.15, 0.2) is 4.99 Å². The van der Waals surface area contributed by atoms with Crippen molar-refractivity contribution in [2.75, 3.05) is 13.2 Å². The Morgan fingerprint density at radius 1 is 0.646 bits per heavy atom. The molecule has 6 amide bonds. The van der Waals surface area contributed by atoms with Crippen molar-refractivity contribution in [2.24, 2.45) is 34.0 Å². The molecular formula is C29H54N10O9. The Labute approximate surface area is 280 Å². The SMILES string of the molecule is CC(C)C[C@H](NC(=O)[C@H](C)N)C(=O)N[C@@H](CCCN=C(N)N)C(=O)N[C@@H](CO)C(=O)N[C@@H](C)C(=O)N[C@@H](C)C(=O)N[C@H](C(=O)O)C(C)C. The number of aliphatic hydroxyl groups excluding tert-OH is 1. The molecule has 0 bridgehead atoms. The van der Waals surface area contributed by atoms with Crippen LogP contribution in [0.2, 0.25) is 0 Å². The maximum atomic E-state index is 13.3. The maximum Gasteiger partial charge on any atom is 0.326 e. The minimum Gasteiger partial charge on any atom is -0.480 e. The van der Waals surface area contributed by atoms with Crippen molar-refractivity contribution >= 4 is 47.4 Å². The summed E-state index contributed by atoms with van der Waals surface area (Å²) in [4.78, 5) is 92.0. The third kappa shape index (κ3) is 16.3. The average Bonchev–Trinajstić information content (AvgIpc) is 2.98. The zero-order valence-electron chi connectivity index (χ0n) is 28.7. The molecule has 0 aromatic carbocycles. The van der Waals surface area contributed by atoms with Gasteiger partial charge >= 0.3 is 5.97 Å². The second-order valence-corrected chi connectivity index (χ2v) is 12.3. The largest absolute Gasteiger partial charge is 0.480 e. The maximum absolute atomic E-state index is 13.3. The van der Waals surface area contributed by atoms with Gasteiger partial charge in [-0.15, -0.1) is 0 Å². The summed E-state index contributed by atoms with van der Waals surface area (Å²) in [6.07, 6.45) is 0.453. The first-order chi connectivity index (χ1) is 22.2. The molecule has 7 atom stereocenters. The van der Waals surface area contributed by atoms with Gasteiger partial charge in [-0.05, 0) is 51.9 Å². The molecule has 14 N–H and O–H groups in total. The van der Waals surface area contributed by atoms with Crippen molar-refractivity contribution in [1.29, 1.82) is 0 Å². The van der Waals surface area contributed by atoms with Crippen LogP contribution in [0.5, 0.6) is 0 Å². The molecule has 0 aliphatic carbocycles. The van der Waals surface area contributed by atoms with Gasteiger partial charge in [-0.2, -0.15) is 0 Å². The van der Waals surface area contributed by atoms with Gasteiger partial charge in [-0.25, -0.2) is 4.79 Å². The number of hydrogen-bond acceptors (Lipinski definition) is 10. The molecular weight excluding hydrogens is 632 g/mol. The Morgan fingerprint density at radius 2 is 1.10 bits per heavy atom. The molecule has 0 aliphatic rings. The number of aliphatic carboxylic acids is 1. The van der Waals surface area contributed by atoms with Gasteiger partial charge in [0, 0.05) is 6.54 Å². The number of carbonyl (C=O) groups excluding carboxylic acids is 6. The van der Waals surface area contributed by atoms with Gasteiger partial charge in [-0.3, -0.25) is 33.8 Å². The quantitative estimate of drug-likeness (QED) is 0.0314. The number of amides is 6. The van der Waals surface area contributed by atoms with Crippen molar-refractivity contribution in [3.8, 4) is 0 Å². The molecule has 0 aliphatic heterocycles. The Bertz CT molecular complexity index is 1160. The van der Waals surface area contributed by atoms with Crippen LogP contribution in [0.25, 0.3) is 0 Å². The molecule has 0 heterocycles. The highest BCUT2D eigenvalue weighted by Crippen LogP contribution is 2.08. The molecule has 0 spiro atoms. The summed E-state index contributed by atoms with van der Waals surface area (Å²) < 4.78 is 0. The van der Waals surface area contributed by atoms with Crippen molar-refractivity contribution < 1.29 is 43.8 Å². The Morgan fingerprint density at radius 3 is 1.56 bits per heavy atom. The molecule has 0 unspecified atom stereocenters. The number of nitrogens with two attached hydrogens (primary N) is 3. The molecule has 0 saturated carbocycles. The zero-order valence-corrected chi connectivity index (χ0v) is 28.7. The van der Waals surface area contributed by atoms with E-state index in [1.54, 1.807) is 13.8 Å². The Hall–Kier alpha value is -4.52. The van der Waals surface area contributed by atoms with Gasteiger partial charge in [0.2, 0.25) is 35.4 Å². The van der Waals surface area contributed by atoms with Gasteiger partial charge in [0.25, 0.3) is 0 Å². The number of carboxylic acid groups (broad SMARTS) is 1. The van der Waals surface area contributed by atoms with E-state index < -0.39 is 96.2 Å². The van der Waals surface area contributed by atoms with Crippen molar-refractivity contribution in [3.63, 3.8) is 0 Å². The van der Waals surface area contributed by atoms with E-state index in [2.05, 4.69) is 36.9 Å². The lowest BCUT2D eigenvalue weighted by Gasteiger charge is -2.26. The van der Waals surface area contributed by atoms with Crippen LogP contribution >= 0.6 is 0 Å². The number of nitrogens with one attached hydrogen (secondary N) is 6. The number of aliphatic imine (C=N–C) groups is 1. The molecule has 48 heavy (non-hydrogen) atoms. The molecule has 0 saturated heterocycles. The Kier molecular flexibility index (Phi) is 19.4. The van der Waals surface area contributed by atoms with Crippen molar-refractivity contribution in [3.05, 3.63) is 0 Å². The monoisotopic (exact) mass is 686 g/mol. The number of rotatable bonds is 21. The molecule has 19 nitrogen and oxygen atoms in total. The van der Waals surface area contributed by atoms with Crippen LogP contribution in [0.3, 0.4) is 0 Å². The van der Waals surface area contributed by atoms with Crippen LogP contribution in [-0.4, -0.2) is 113 Å². The Balaban J connectivity index is 5.66. The third-order valence-electron chi connectivity index (χ3n) is 6.88. The number of aliphatic hydroxyl groups is 1. The van der Waals surface area contributed by atoms with E-state index in [1.807, 2.05) is 13.8 Å². The number of carbonyl (C=O) groups is 7. The first-order valence-corrected chi connectivity index (χ1v) is 15.7. The van der Waals surface area contributed by atoms with Gasteiger partial charge < -0.3 is 59.3 Å². The fourth-order valence-corrected chi connectivity index (χ4v) is 4.09. The van der Waals surface area contributed by atoms with Gasteiger partial charge in [0.15, 0.2) is 5.96 Å². The molecule has 274 valence electrons. The smallest absolute Gasteiger partial charge is 0.326 e. The van der Waals surface area contributed by atoms with Crippen LogP contribution in [0, 0.1) is 11.8 Å². The van der Waals surface area contributed by atoms with Gasteiger partial charge in [0.1, 0.15) is 36.3 Å². The lowest BCUT2D eigenvalue weighted by molar-refractivity contribution is -0.143. The minimum absolute atomic E-state index is 0.00205. The summed E-state index contributed by atoms with van der Waals surface area (Å²) in [5.41, 5.74) is 16.3. The molecule has 0 radical (unpaired) electrons. The van der Waals surface area contributed by atoms with E-state index in [-0.39, 0.29) is 37.7 Å². The van der Waals surface area contributed by atoms with E-state index >= 15 is 0 Å². The molecule has 0 rings (SSSR count). The lowest BCUT2D eigenvalue weighted by Crippen LogP contribution is -2.60. The minimum atomic E-state index is -1.56. The van der Waals surface area contributed by atoms with Crippen LogP contribution in [0.1, 0.15) is 67.7 Å². The predicted octanol–water partition coefficient (Wildman–Crippen LogP) is -3.89. The third-order valence-corrected chi connectivity index (χ3v) is 6.88. The zero-order chi connectivity index (χ0) is 37.3. The first-order valence-electron chi connectivity index (χ1n) is 15.7. The van der Waals surface area contributed by atoms with E-state index in [9.17, 15) is 43.8 Å². The lowest BCUT2D eigenvalue weighted by atomic mass is 10.0. The fraction of sp³-hybridized carbons (Fsp3) is 0.724. The molecule has 0 fully saturated rings. The van der Waals surface area contributed by atoms with Crippen LogP contribution < -0.4 is 49.1 Å². The normalized spacial score (nSPS) is 15.4. The summed E-state index contributed by atoms with van der Waals surface area (Å²) in [5.74, 6) is -6.51. The van der Waals surface area contributed by atoms with Crippen molar-refractivity contribution in [2.45, 2.75) is 110 Å². The number of hydrogen-bond donors (Lipinski definition) is 11. The first kappa shape index (κ1) is 43.5. The van der Waals surface area contributed by atoms with Gasteiger partial charge in [-0.1, -0.05) is 27.7 Å². The van der Waals surface area contributed by atoms with Gasteiger partial charge in [0.05, 0.1) is 12.6 Å². The number of guanidine groups is 1. The number of nitrogens with zero attached hydrogens (tertiary/aromatic N) is 1. The summed E-state index contributed by atoms with van der Waals surface area (Å²) in [6, 6.07) is -8.33. The standard InChI is InChI=1S/C29H54N10O9/c1-13(2)11-19(37-22(41)15(5)30)26(45)36-18(9-8-10-33-29(31)32)25(44)38-20(12-40)27(46)35-16(6)23(42)34-17(7)24(43)39-21(14(3)4)28(47)48/h13-21,40H,8-12,30H2,1-7H3,(H,34,42)(H,35,46)(H,36,45)(H,37,41)(H,38,44)(H,39,43)(H,47,48)(H4,31,32,33)/t15-,16-,17-,18-,19-,20-,21-/m0/s1. The van der Waals surface area contributed by atoms with Crippen molar-refractivity contribution in [1.82, 2.24) is 31.9 Å². The second kappa shape index (κ2) is 21.4. The summed E-state index contributed by atoms with van der Waals surface area (Å²) in [7, 11) is 0. The number of carboxylic acids is 1. The van der Waals surface area contributed by atoms with E-state index in [4.69, 9.17) is 17.2 Å². The topological polar surface area (TPSA) is 323 Å². The summed E-state index contributed by atoms with van der Waals surface area (Å²) in [5, 5.41) is 33.7. The molecule has 19 heteroatoms. The summed E-state index contributed by atoms with van der Waals surface area (Å²) in [6.45, 7) is 10.2. The molecule has 0 aromatic rings. The predicted molar refractivity (Wildman–Crippen MR) is 176 cm³/mol. The van der Waals surface area contributed by atoms with E-state index in [0.29, 0.717) is 0 Å². The summed E-state index contributed by atoms with van der Waals surface area (Å²) >= 11 is 0. The average molecular weight is 687 g/mol.